The summed E-state index contributed by atoms with van der Waals surface area (Å²) in [7, 11) is 4.09. The highest BCUT2D eigenvalue weighted by Crippen LogP contribution is 2.03. The first kappa shape index (κ1) is 13.5. The van der Waals surface area contributed by atoms with Crippen molar-refractivity contribution in [3.8, 4) is 0 Å². The molecule has 0 saturated carbocycles. The van der Waals surface area contributed by atoms with Crippen LogP contribution in [-0.2, 0) is 13.1 Å². The van der Waals surface area contributed by atoms with Gasteiger partial charge in [-0.1, -0.05) is 6.07 Å². The molecule has 1 N–H and O–H groups in total. The van der Waals surface area contributed by atoms with E-state index in [1.165, 1.54) is 11.3 Å². The van der Waals surface area contributed by atoms with Crippen molar-refractivity contribution in [2.24, 2.45) is 0 Å². The lowest BCUT2D eigenvalue weighted by Crippen LogP contribution is -2.21. The third-order valence-corrected chi connectivity index (χ3v) is 2.97. The van der Waals surface area contributed by atoms with Crippen molar-refractivity contribution >= 4 is 11.8 Å². The van der Waals surface area contributed by atoms with Gasteiger partial charge in [0.25, 0.3) is 0 Å². The van der Waals surface area contributed by atoms with E-state index in [1.54, 1.807) is 0 Å². The zero-order valence-electron chi connectivity index (χ0n) is 10.4. The smallest absolute Gasteiger partial charge is 0.0544 e. The van der Waals surface area contributed by atoms with Crippen molar-refractivity contribution in [1.29, 1.82) is 0 Å². The maximum atomic E-state index is 4.46. The van der Waals surface area contributed by atoms with Gasteiger partial charge in [-0.2, -0.15) is 11.8 Å². The summed E-state index contributed by atoms with van der Waals surface area (Å²) in [6.07, 6.45) is 4.09. The molecule has 4 heteroatoms. The summed E-state index contributed by atoms with van der Waals surface area (Å²) in [4.78, 5) is 6.76. The van der Waals surface area contributed by atoms with Crippen molar-refractivity contribution in [1.82, 2.24) is 15.2 Å². The minimum atomic E-state index is 0.885. The summed E-state index contributed by atoms with van der Waals surface area (Å²) in [5.41, 5.74) is 2.38. The Morgan fingerprint density at radius 1 is 1.44 bits per heavy atom. The second-order valence-corrected chi connectivity index (χ2v) is 4.90. The van der Waals surface area contributed by atoms with Gasteiger partial charge in [-0.15, -0.1) is 0 Å². The van der Waals surface area contributed by atoms with E-state index >= 15 is 0 Å². The van der Waals surface area contributed by atoms with Crippen molar-refractivity contribution < 1.29 is 0 Å². The second kappa shape index (κ2) is 7.65. The predicted molar refractivity (Wildman–Crippen MR) is 71.7 cm³/mol. The first-order chi connectivity index (χ1) is 7.76. The van der Waals surface area contributed by atoms with Gasteiger partial charge in [-0.3, -0.25) is 9.88 Å². The highest BCUT2D eigenvalue weighted by Gasteiger charge is 2.01. The average Bonchev–Trinajstić information content (AvgIpc) is 2.29. The van der Waals surface area contributed by atoms with Crippen molar-refractivity contribution in [2.75, 3.05) is 32.6 Å². The third-order valence-electron chi connectivity index (χ3n) is 2.38. The van der Waals surface area contributed by atoms with Crippen LogP contribution in [0.1, 0.15) is 11.3 Å². The molecule has 0 saturated heterocycles. The monoisotopic (exact) mass is 239 g/mol. The minimum absolute atomic E-state index is 0.885. The van der Waals surface area contributed by atoms with E-state index in [1.807, 2.05) is 25.0 Å². The van der Waals surface area contributed by atoms with E-state index in [4.69, 9.17) is 0 Å². The van der Waals surface area contributed by atoms with E-state index in [0.717, 1.165) is 25.3 Å². The van der Waals surface area contributed by atoms with E-state index < -0.39 is 0 Å². The molecule has 0 aliphatic heterocycles. The van der Waals surface area contributed by atoms with Gasteiger partial charge in [-0.25, -0.2) is 0 Å². The number of rotatable bonds is 7. The van der Waals surface area contributed by atoms with Crippen LogP contribution < -0.4 is 5.32 Å². The fourth-order valence-corrected chi connectivity index (χ4v) is 1.95. The Hall–Kier alpha value is -0.580. The number of hydrogen-bond acceptors (Lipinski definition) is 4. The summed E-state index contributed by atoms with van der Waals surface area (Å²) in [6, 6.07) is 4.25. The Kier molecular flexibility index (Phi) is 6.45. The van der Waals surface area contributed by atoms with Gasteiger partial charge in [0.1, 0.15) is 0 Å². The molecule has 0 spiro atoms. The number of pyridine rings is 1. The van der Waals surface area contributed by atoms with Gasteiger partial charge >= 0.3 is 0 Å². The van der Waals surface area contributed by atoms with Crippen molar-refractivity contribution in [2.45, 2.75) is 13.1 Å². The molecular formula is C12H21N3S. The molecule has 1 heterocycles. The third kappa shape index (κ3) is 4.96. The number of thioether (sulfide) groups is 1. The molecule has 0 unspecified atom stereocenters. The summed E-state index contributed by atoms with van der Waals surface area (Å²) >= 11 is 1.88. The van der Waals surface area contributed by atoms with E-state index in [-0.39, 0.29) is 0 Å². The largest absolute Gasteiger partial charge is 0.316 e. The lowest BCUT2D eigenvalue weighted by atomic mass is 10.2. The molecule has 0 bridgehead atoms. The summed E-state index contributed by atoms with van der Waals surface area (Å²) in [5, 5.41) is 3.12. The fraction of sp³-hybridized carbons (Fsp3) is 0.583. The number of nitrogens with zero attached hydrogens (tertiary/aromatic N) is 2. The van der Waals surface area contributed by atoms with Crippen molar-refractivity contribution in [3.05, 3.63) is 29.6 Å². The van der Waals surface area contributed by atoms with Crippen LogP contribution in [-0.4, -0.2) is 42.5 Å². The molecular weight excluding hydrogens is 218 g/mol. The van der Waals surface area contributed by atoms with Crippen LogP contribution >= 0.6 is 11.8 Å². The van der Waals surface area contributed by atoms with E-state index in [0.29, 0.717) is 0 Å². The molecule has 0 fully saturated rings. The SMILES string of the molecule is CNCc1ccc(CN(C)CCSC)nc1. The topological polar surface area (TPSA) is 28.2 Å². The molecule has 0 aliphatic rings. The normalized spacial score (nSPS) is 11.0. The molecule has 1 rings (SSSR count). The van der Waals surface area contributed by atoms with Crippen LogP contribution in [0.2, 0.25) is 0 Å². The van der Waals surface area contributed by atoms with Gasteiger partial charge in [0.05, 0.1) is 5.69 Å². The quantitative estimate of drug-likeness (QED) is 0.782. The summed E-state index contributed by atoms with van der Waals surface area (Å²) in [5.74, 6) is 1.17. The standard InChI is InChI=1S/C12H21N3S/c1-13-8-11-4-5-12(14-9-11)10-15(2)6-7-16-3/h4-5,9,13H,6-8,10H2,1-3H3. The van der Waals surface area contributed by atoms with Crippen LogP contribution in [0.3, 0.4) is 0 Å². The second-order valence-electron chi connectivity index (χ2n) is 3.92. The van der Waals surface area contributed by atoms with Gasteiger partial charge in [0.2, 0.25) is 0 Å². The maximum Gasteiger partial charge on any atom is 0.0544 e. The predicted octanol–water partition coefficient (Wildman–Crippen LogP) is 1.60. The summed E-state index contributed by atoms with van der Waals surface area (Å²) in [6.45, 7) is 2.93. The fourth-order valence-electron chi connectivity index (χ4n) is 1.46. The van der Waals surface area contributed by atoms with Crippen LogP contribution in [0.15, 0.2) is 18.3 Å². The van der Waals surface area contributed by atoms with Gasteiger partial charge < -0.3 is 5.32 Å². The molecule has 1 aromatic heterocycles. The minimum Gasteiger partial charge on any atom is -0.316 e. The molecule has 90 valence electrons. The zero-order valence-corrected chi connectivity index (χ0v) is 11.2. The Bertz CT molecular complexity index is 287. The van der Waals surface area contributed by atoms with Crippen LogP contribution in [0.25, 0.3) is 0 Å². The Balaban J connectivity index is 2.41. The van der Waals surface area contributed by atoms with Gasteiger partial charge in [0.15, 0.2) is 0 Å². The maximum absolute atomic E-state index is 4.46. The first-order valence-electron chi connectivity index (χ1n) is 5.52. The highest BCUT2D eigenvalue weighted by atomic mass is 32.2. The Morgan fingerprint density at radius 2 is 2.25 bits per heavy atom. The van der Waals surface area contributed by atoms with Crippen molar-refractivity contribution in [3.63, 3.8) is 0 Å². The number of aromatic nitrogens is 1. The number of hydrogen-bond donors (Lipinski definition) is 1. The number of nitrogens with one attached hydrogen (secondary N) is 1. The van der Waals surface area contributed by atoms with Crippen LogP contribution in [0.4, 0.5) is 0 Å². The molecule has 1 aromatic rings. The summed E-state index contributed by atoms with van der Waals surface area (Å²) < 4.78 is 0. The van der Waals surface area contributed by atoms with Gasteiger partial charge in [-0.05, 0) is 32.0 Å². The molecule has 0 aromatic carbocycles. The molecule has 0 radical (unpaired) electrons. The molecule has 0 aliphatic carbocycles. The van der Waals surface area contributed by atoms with E-state index in [2.05, 4.69) is 40.6 Å². The zero-order chi connectivity index (χ0) is 11.8. The molecule has 16 heavy (non-hydrogen) atoms. The Labute approximate surface area is 103 Å². The molecule has 0 amide bonds. The molecule has 3 nitrogen and oxygen atoms in total. The lowest BCUT2D eigenvalue weighted by Gasteiger charge is -2.15. The average molecular weight is 239 g/mol. The first-order valence-corrected chi connectivity index (χ1v) is 6.91. The van der Waals surface area contributed by atoms with E-state index in [9.17, 15) is 0 Å². The Morgan fingerprint density at radius 3 is 2.81 bits per heavy atom. The van der Waals surface area contributed by atoms with Crippen LogP contribution in [0.5, 0.6) is 0 Å². The highest BCUT2D eigenvalue weighted by molar-refractivity contribution is 7.98. The van der Waals surface area contributed by atoms with Gasteiger partial charge in [0, 0.05) is 31.6 Å². The van der Waals surface area contributed by atoms with Crippen LogP contribution in [0, 0.1) is 0 Å². The lowest BCUT2D eigenvalue weighted by molar-refractivity contribution is 0.344. The molecule has 0 atom stereocenters.